The number of hydrogen-bond acceptors (Lipinski definition) is 2. The molecule has 0 aliphatic heterocycles. The van der Waals surface area contributed by atoms with Crippen LogP contribution in [0, 0.1) is 0 Å². The maximum atomic E-state index is 12.4. The zero-order valence-electron chi connectivity index (χ0n) is 13.1. The van der Waals surface area contributed by atoms with Crippen molar-refractivity contribution >= 4 is 11.6 Å². The number of rotatable bonds is 6. The predicted molar refractivity (Wildman–Crippen MR) is 90.3 cm³/mol. The first-order valence-corrected chi connectivity index (χ1v) is 7.81. The third-order valence-corrected chi connectivity index (χ3v) is 3.88. The summed E-state index contributed by atoms with van der Waals surface area (Å²) in [7, 11) is 0. The number of aryl methyl sites for hydroxylation is 1. The molecular weight excluding hydrogens is 288 g/mol. The van der Waals surface area contributed by atoms with Gasteiger partial charge < -0.3 is 14.3 Å². The van der Waals surface area contributed by atoms with E-state index in [0.29, 0.717) is 6.42 Å². The fraction of sp³-hybridized carbons (Fsp3) is 0.211. The van der Waals surface area contributed by atoms with Crippen LogP contribution in [0.3, 0.4) is 0 Å². The van der Waals surface area contributed by atoms with Crippen LogP contribution in [0.1, 0.15) is 30.7 Å². The van der Waals surface area contributed by atoms with Crippen molar-refractivity contribution in [2.45, 2.75) is 25.8 Å². The third-order valence-electron chi connectivity index (χ3n) is 3.88. The lowest BCUT2D eigenvalue weighted by molar-refractivity contribution is -0.116. The van der Waals surface area contributed by atoms with Crippen LogP contribution >= 0.6 is 0 Å². The fourth-order valence-electron chi connectivity index (χ4n) is 2.60. The van der Waals surface area contributed by atoms with Crippen LogP contribution < -0.4 is 5.32 Å². The Balaban J connectivity index is 1.71. The lowest BCUT2D eigenvalue weighted by atomic mass is 10.1. The average Bonchev–Trinajstić information content (AvgIpc) is 3.27. The Hall–Kier alpha value is -2.75. The molecule has 0 fully saturated rings. The predicted octanol–water partition coefficient (Wildman–Crippen LogP) is 4.26. The van der Waals surface area contributed by atoms with Crippen molar-refractivity contribution < 1.29 is 9.21 Å². The zero-order valence-corrected chi connectivity index (χ0v) is 13.1. The minimum atomic E-state index is -0.144. The molecule has 4 nitrogen and oxygen atoms in total. The fourth-order valence-corrected chi connectivity index (χ4v) is 2.60. The molecule has 3 aromatic rings. The van der Waals surface area contributed by atoms with Crippen LogP contribution in [0.15, 0.2) is 71.6 Å². The number of carbonyl (C=O) groups is 1. The molecule has 2 heterocycles. The van der Waals surface area contributed by atoms with Crippen LogP contribution in [0.25, 0.3) is 0 Å². The van der Waals surface area contributed by atoms with Gasteiger partial charge in [-0.1, -0.05) is 19.1 Å². The first-order chi connectivity index (χ1) is 11.3. The molecule has 0 aliphatic carbocycles. The maximum absolute atomic E-state index is 12.4. The minimum absolute atomic E-state index is 0.0376. The van der Waals surface area contributed by atoms with E-state index in [1.54, 1.807) is 6.26 Å². The Kier molecular flexibility index (Phi) is 4.62. The summed E-state index contributed by atoms with van der Waals surface area (Å²) in [5.41, 5.74) is 2.07. The van der Waals surface area contributed by atoms with Crippen molar-refractivity contribution in [2.24, 2.45) is 0 Å². The molecule has 1 N–H and O–H groups in total. The highest BCUT2D eigenvalue weighted by Crippen LogP contribution is 2.23. The molecule has 2 aromatic heterocycles. The Labute approximate surface area is 135 Å². The monoisotopic (exact) mass is 308 g/mol. The normalized spacial score (nSPS) is 12.0. The average molecular weight is 308 g/mol. The van der Waals surface area contributed by atoms with Crippen LogP contribution in [-0.4, -0.2) is 10.5 Å². The number of furan rings is 1. The summed E-state index contributed by atoms with van der Waals surface area (Å²) in [6.45, 7) is 2.11. The number of amides is 1. The lowest BCUT2D eigenvalue weighted by Crippen LogP contribution is -2.19. The van der Waals surface area contributed by atoms with E-state index in [1.807, 2.05) is 65.5 Å². The Bertz CT molecular complexity index is 694. The molecule has 0 spiro atoms. The highest BCUT2D eigenvalue weighted by Gasteiger charge is 2.19. The quantitative estimate of drug-likeness (QED) is 0.739. The zero-order chi connectivity index (χ0) is 16.1. The van der Waals surface area contributed by atoms with Gasteiger partial charge in [-0.05, 0) is 48.4 Å². The summed E-state index contributed by atoms with van der Waals surface area (Å²) in [5, 5.41) is 2.95. The second-order valence-corrected chi connectivity index (χ2v) is 5.46. The standard InChI is InChI=1S/C19H20N2O2/c1-2-15-7-9-16(10-8-15)20-19(22)14-17(18-6-5-13-23-18)21-11-3-4-12-21/h3-13,17H,2,14H2,1H3,(H,20,22). The Morgan fingerprint density at radius 2 is 1.87 bits per heavy atom. The second-order valence-electron chi connectivity index (χ2n) is 5.46. The van der Waals surface area contributed by atoms with Crippen molar-refractivity contribution in [1.29, 1.82) is 0 Å². The van der Waals surface area contributed by atoms with Crippen molar-refractivity contribution in [2.75, 3.05) is 5.32 Å². The Morgan fingerprint density at radius 3 is 2.48 bits per heavy atom. The van der Waals surface area contributed by atoms with E-state index in [0.717, 1.165) is 17.9 Å². The maximum Gasteiger partial charge on any atom is 0.226 e. The van der Waals surface area contributed by atoms with Crippen LogP contribution in [0.2, 0.25) is 0 Å². The molecule has 0 saturated carbocycles. The van der Waals surface area contributed by atoms with E-state index >= 15 is 0 Å². The van der Waals surface area contributed by atoms with Gasteiger partial charge in [0, 0.05) is 18.1 Å². The number of carbonyl (C=O) groups excluding carboxylic acids is 1. The van der Waals surface area contributed by atoms with Crippen LogP contribution in [0.4, 0.5) is 5.69 Å². The molecule has 1 unspecified atom stereocenters. The van der Waals surface area contributed by atoms with Gasteiger partial charge in [-0.2, -0.15) is 0 Å². The van der Waals surface area contributed by atoms with Gasteiger partial charge in [0.1, 0.15) is 5.76 Å². The molecule has 4 heteroatoms. The first-order valence-electron chi connectivity index (χ1n) is 7.81. The van der Waals surface area contributed by atoms with Crippen molar-refractivity contribution in [1.82, 2.24) is 4.57 Å². The van der Waals surface area contributed by atoms with Crippen LogP contribution in [0.5, 0.6) is 0 Å². The van der Waals surface area contributed by atoms with E-state index in [4.69, 9.17) is 4.42 Å². The van der Waals surface area contributed by atoms with Crippen molar-refractivity contribution in [3.05, 3.63) is 78.5 Å². The number of anilines is 1. The topological polar surface area (TPSA) is 47.2 Å². The molecule has 0 radical (unpaired) electrons. The summed E-state index contributed by atoms with van der Waals surface area (Å²) < 4.78 is 7.48. The third kappa shape index (κ3) is 3.72. The molecule has 1 amide bonds. The van der Waals surface area contributed by atoms with E-state index in [2.05, 4.69) is 12.2 Å². The van der Waals surface area contributed by atoms with Gasteiger partial charge in [0.05, 0.1) is 18.7 Å². The SMILES string of the molecule is CCc1ccc(NC(=O)CC(c2ccco2)n2cccc2)cc1. The molecule has 118 valence electrons. The van der Waals surface area contributed by atoms with Crippen molar-refractivity contribution in [3.63, 3.8) is 0 Å². The lowest BCUT2D eigenvalue weighted by Gasteiger charge is -2.16. The van der Waals surface area contributed by atoms with Gasteiger partial charge >= 0.3 is 0 Å². The van der Waals surface area contributed by atoms with Crippen molar-refractivity contribution in [3.8, 4) is 0 Å². The van der Waals surface area contributed by atoms with E-state index in [9.17, 15) is 4.79 Å². The van der Waals surface area contributed by atoms with Gasteiger partial charge in [-0.3, -0.25) is 4.79 Å². The highest BCUT2D eigenvalue weighted by atomic mass is 16.3. The number of nitrogens with zero attached hydrogens (tertiary/aromatic N) is 1. The summed E-state index contributed by atoms with van der Waals surface area (Å²) in [4.78, 5) is 12.4. The molecule has 1 aromatic carbocycles. The summed E-state index contributed by atoms with van der Waals surface area (Å²) in [6.07, 6.45) is 6.82. The summed E-state index contributed by atoms with van der Waals surface area (Å²) in [6, 6.07) is 15.4. The molecular formula is C19H20N2O2. The van der Waals surface area contributed by atoms with E-state index < -0.39 is 0 Å². The number of aromatic nitrogens is 1. The van der Waals surface area contributed by atoms with Gasteiger partial charge in [0.15, 0.2) is 0 Å². The smallest absolute Gasteiger partial charge is 0.226 e. The largest absolute Gasteiger partial charge is 0.467 e. The minimum Gasteiger partial charge on any atom is -0.467 e. The molecule has 0 aliphatic rings. The summed E-state index contributed by atoms with van der Waals surface area (Å²) >= 11 is 0. The first kappa shape index (κ1) is 15.2. The molecule has 1 atom stereocenters. The number of hydrogen-bond donors (Lipinski definition) is 1. The van der Waals surface area contributed by atoms with Gasteiger partial charge in [0.2, 0.25) is 5.91 Å². The molecule has 0 bridgehead atoms. The van der Waals surface area contributed by atoms with Gasteiger partial charge in [-0.15, -0.1) is 0 Å². The van der Waals surface area contributed by atoms with E-state index in [-0.39, 0.29) is 11.9 Å². The number of nitrogens with one attached hydrogen (secondary N) is 1. The second kappa shape index (κ2) is 7.01. The Morgan fingerprint density at radius 1 is 1.13 bits per heavy atom. The van der Waals surface area contributed by atoms with E-state index in [1.165, 1.54) is 5.56 Å². The number of benzene rings is 1. The molecule has 0 saturated heterocycles. The van der Waals surface area contributed by atoms with Gasteiger partial charge in [0.25, 0.3) is 0 Å². The molecule has 23 heavy (non-hydrogen) atoms. The van der Waals surface area contributed by atoms with Crippen LogP contribution in [-0.2, 0) is 11.2 Å². The summed E-state index contributed by atoms with van der Waals surface area (Å²) in [5.74, 6) is 0.738. The molecule has 3 rings (SSSR count). The highest BCUT2D eigenvalue weighted by molar-refractivity contribution is 5.91. The van der Waals surface area contributed by atoms with Gasteiger partial charge in [-0.25, -0.2) is 0 Å².